The van der Waals surface area contributed by atoms with Gasteiger partial charge in [0.15, 0.2) is 0 Å². The summed E-state index contributed by atoms with van der Waals surface area (Å²) in [5, 5.41) is 8.66. The third-order valence-corrected chi connectivity index (χ3v) is 5.35. The van der Waals surface area contributed by atoms with E-state index in [2.05, 4.69) is 24.3 Å². The van der Waals surface area contributed by atoms with Crippen molar-refractivity contribution in [3.05, 3.63) is 48.0 Å². The van der Waals surface area contributed by atoms with Crippen LogP contribution in [0.5, 0.6) is 0 Å². The van der Waals surface area contributed by atoms with Crippen LogP contribution in [-0.2, 0) is 20.9 Å². The van der Waals surface area contributed by atoms with Gasteiger partial charge in [0.05, 0.1) is 25.4 Å². The summed E-state index contributed by atoms with van der Waals surface area (Å²) >= 11 is 0. The van der Waals surface area contributed by atoms with E-state index in [0.29, 0.717) is 37.1 Å². The fourth-order valence-electron chi connectivity index (χ4n) is 4.06. The molecular weight excluding hydrogens is 316 g/mol. The largest absolute Gasteiger partial charge is 0.481 e. The van der Waals surface area contributed by atoms with Gasteiger partial charge in [0, 0.05) is 12.3 Å². The number of aliphatic carboxylic acids is 1. The van der Waals surface area contributed by atoms with Crippen molar-refractivity contribution in [1.82, 2.24) is 0 Å². The highest BCUT2D eigenvalue weighted by atomic mass is 16.5. The number of carboxylic acid groups (broad SMARTS) is 1. The van der Waals surface area contributed by atoms with Crippen LogP contribution in [0.25, 0.3) is 0 Å². The Bertz CT molecular complexity index is 569. The number of benzene rings is 1. The van der Waals surface area contributed by atoms with E-state index >= 15 is 0 Å². The van der Waals surface area contributed by atoms with Crippen molar-refractivity contribution in [2.75, 3.05) is 6.61 Å². The molecule has 1 N–H and O–H groups in total. The molecule has 4 nitrogen and oxygen atoms in total. The number of rotatable bonds is 10. The van der Waals surface area contributed by atoms with Crippen molar-refractivity contribution >= 4 is 5.97 Å². The van der Waals surface area contributed by atoms with Gasteiger partial charge < -0.3 is 14.6 Å². The summed E-state index contributed by atoms with van der Waals surface area (Å²) < 4.78 is 12.1. The Balaban J connectivity index is 1.43. The fourth-order valence-corrected chi connectivity index (χ4v) is 4.06. The highest BCUT2D eigenvalue weighted by Crippen LogP contribution is 2.45. The molecule has 1 aromatic carbocycles. The quantitative estimate of drug-likeness (QED) is 0.510. The fraction of sp³-hybridized carbons (Fsp3) is 0.571. The Hall–Kier alpha value is -1.65. The van der Waals surface area contributed by atoms with Crippen LogP contribution in [0.4, 0.5) is 0 Å². The number of ether oxygens (including phenoxy) is 2. The molecule has 2 bridgehead atoms. The van der Waals surface area contributed by atoms with E-state index in [1.165, 1.54) is 5.56 Å². The molecule has 0 spiro atoms. The lowest BCUT2D eigenvalue weighted by Crippen LogP contribution is -2.30. The summed E-state index contributed by atoms with van der Waals surface area (Å²) in [6.07, 6.45) is 10.2. The van der Waals surface area contributed by atoms with Crippen molar-refractivity contribution in [2.24, 2.45) is 11.8 Å². The van der Waals surface area contributed by atoms with Crippen LogP contribution in [0.3, 0.4) is 0 Å². The molecule has 2 aliphatic heterocycles. The summed E-state index contributed by atoms with van der Waals surface area (Å²) in [5.74, 6) is 0.293. The number of unbranched alkanes of at least 4 members (excludes halogenated alkanes) is 1. The van der Waals surface area contributed by atoms with E-state index < -0.39 is 5.97 Å². The first-order valence-corrected chi connectivity index (χ1v) is 9.38. The van der Waals surface area contributed by atoms with Gasteiger partial charge in [0.1, 0.15) is 0 Å². The normalized spacial score (nSPS) is 28.0. The molecule has 25 heavy (non-hydrogen) atoms. The van der Waals surface area contributed by atoms with Crippen LogP contribution >= 0.6 is 0 Å². The zero-order valence-corrected chi connectivity index (χ0v) is 14.7. The standard InChI is InChI=1S/C21H28O4/c22-21(23)11-7-2-1-6-10-17-18(20-13-12-19(17)25-20)15-24-14-16-8-4-3-5-9-16/h1,3-6,8-9,17-20H,2,7,10-15H2,(H,22,23)/b6-1-/t17-,18-,19-,20+/m1/s1. The lowest BCUT2D eigenvalue weighted by Gasteiger charge is -2.27. The zero-order valence-electron chi connectivity index (χ0n) is 14.7. The van der Waals surface area contributed by atoms with Gasteiger partial charge in [-0.05, 0) is 43.6 Å². The van der Waals surface area contributed by atoms with Crippen molar-refractivity contribution in [3.8, 4) is 0 Å². The molecule has 0 saturated carbocycles. The molecule has 136 valence electrons. The Morgan fingerprint density at radius 1 is 1.16 bits per heavy atom. The van der Waals surface area contributed by atoms with Gasteiger partial charge in [-0.15, -0.1) is 0 Å². The predicted molar refractivity (Wildman–Crippen MR) is 96.2 cm³/mol. The van der Waals surface area contributed by atoms with Crippen LogP contribution in [0.1, 0.15) is 44.1 Å². The first kappa shape index (κ1) is 18.2. The molecule has 2 aliphatic rings. The molecular formula is C21H28O4. The Labute approximate surface area is 149 Å². The van der Waals surface area contributed by atoms with Crippen molar-refractivity contribution in [1.29, 1.82) is 0 Å². The summed E-state index contributed by atoms with van der Waals surface area (Å²) in [4.78, 5) is 10.5. The average molecular weight is 344 g/mol. The topological polar surface area (TPSA) is 55.8 Å². The van der Waals surface area contributed by atoms with Crippen LogP contribution in [0.2, 0.25) is 0 Å². The van der Waals surface area contributed by atoms with E-state index in [-0.39, 0.29) is 6.42 Å². The van der Waals surface area contributed by atoms with Crippen LogP contribution in [-0.4, -0.2) is 29.9 Å². The van der Waals surface area contributed by atoms with Gasteiger partial charge in [-0.1, -0.05) is 42.5 Å². The van der Waals surface area contributed by atoms with E-state index in [1.807, 2.05) is 18.2 Å². The number of carbonyl (C=O) groups is 1. The molecule has 2 heterocycles. The van der Waals surface area contributed by atoms with E-state index in [9.17, 15) is 4.79 Å². The number of hydrogen-bond acceptors (Lipinski definition) is 3. The number of carboxylic acids is 1. The molecule has 2 fully saturated rings. The summed E-state index contributed by atoms with van der Waals surface area (Å²) in [5.41, 5.74) is 1.21. The molecule has 4 heteroatoms. The molecule has 2 saturated heterocycles. The molecule has 0 aromatic heterocycles. The minimum absolute atomic E-state index is 0.248. The van der Waals surface area contributed by atoms with Crippen molar-refractivity contribution < 1.29 is 19.4 Å². The van der Waals surface area contributed by atoms with E-state index in [4.69, 9.17) is 14.6 Å². The number of allylic oxidation sites excluding steroid dienone is 2. The van der Waals surface area contributed by atoms with Gasteiger partial charge >= 0.3 is 5.97 Å². The average Bonchev–Trinajstić information content (AvgIpc) is 3.21. The molecule has 1 aromatic rings. The maximum absolute atomic E-state index is 10.5. The highest BCUT2D eigenvalue weighted by molar-refractivity contribution is 5.66. The molecule has 0 aliphatic carbocycles. The minimum Gasteiger partial charge on any atom is -0.481 e. The Kier molecular flexibility index (Phi) is 6.65. The van der Waals surface area contributed by atoms with Crippen molar-refractivity contribution in [2.45, 2.75) is 57.3 Å². The van der Waals surface area contributed by atoms with Crippen LogP contribution in [0, 0.1) is 11.8 Å². The van der Waals surface area contributed by atoms with Gasteiger partial charge in [0.25, 0.3) is 0 Å². The lowest BCUT2D eigenvalue weighted by molar-refractivity contribution is -0.137. The second kappa shape index (κ2) is 9.16. The predicted octanol–water partition coefficient (Wildman–Crippen LogP) is 4.20. The maximum Gasteiger partial charge on any atom is 0.303 e. The molecule has 0 amide bonds. The van der Waals surface area contributed by atoms with E-state index in [0.717, 1.165) is 32.3 Å². The summed E-state index contributed by atoms with van der Waals surface area (Å²) in [6.45, 7) is 1.42. The second-order valence-corrected chi connectivity index (χ2v) is 7.11. The molecule has 0 radical (unpaired) electrons. The third-order valence-electron chi connectivity index (χ3n) is 5.35. The Morgan fingerprint density at radius 3 is 2.68 bits per heavy atom. The molecule has 3 rings (SSSR count). The van der Waals surface area contributed by atoms with Crippen molar-refractivity contribution in [3.63, 3.8) is 0 Å². The summed E-state index contributed by atoms with van der Waals surface area (Å²) in [7, 11) is 0. The smallest absolute Gasteiger partial charge is 0.303 e. The van der Waals surface area contributed by atoms with Crippen LogP contribution in [0.15, 0.2) is 42.5 Å². The second-order valence-electron chi connectivity index (χ2n) is 7.11. The van der Waals surface area contributed by atoms with E-state index in [1.54, 1.807) is 0 Å². The number of hydrogen-bond donors (Lipinski definition) is 1. The SMILES string of the molecule is O=C(O)CCC/C=C\C[C@@H]1[C@@H](COCc2ccccc2)[C@@H]2CC[C@H]1O2. The Morgan fingerprint density at radius 2 is 1.92 bits per heavy atom. The molecule has 0 unspecified atom stereocenters. The summed E-state index contributed by atoms with van der Waals surface area (Å²) in [6, 6.07) is 10.3. The highest BCUT2D eigenvalue weighted by Gasteiger charge is 2.48. The monoisotopic (exact) mass is 344 g/mol. The first-order valence-electron chi connectivity index (χ1n) is 9.38. The molecule has 4 atom stereocenters. The van der Waals surface area contributed by atoms with Gasteiger partial charge in [0.2, 0.25) is 0 Å². The van der Waals surface area contributed by atoms with Gasteiger partial charge in [-0.25, -0.2) is 0 Å². The first-order chi connectivity index (χ1) is 12.2. The van der Waals surface area contributed by atoms with Gasteiger partial charge in [-0.3, -0.25) is 4.79 Å². The minimum atomic E-state index is -0.717. The lowest BCUT2D eigenvalue weighted by atomic mass is 9.78. The zero-order chi connectivity index (χ0) is 17.5. The maximum atomic E-state index is 10.5. The third kappa shape index (κ3) is 5.16. The van der Waals surface area contributed by atoms with Gasteiger partial charge in [-0.2, -0.15) is 0 Å². The number of fused-ring (bicyclic) bond motifs is 2. The van der Waals surface area contributed by atoms with Crippen LogP contribution < -0.4 is 0 Å².